The van der Waals surface area contributed by atoms with Gasteiger partial charge in [0.15, 0.2) is 0 Å². The smallest absolute Gasteiger partial charge is 0.123 e. The maximum Gasteiger partial charge on any atom is 0.123 e. The van der Waals surface area contributed by atoms with E-state index in [4.69, 9.17) is 4.74 Å². The van der Waals surface area contributed by atoms with E-state index >= 15 is 0 Å². The summed E-state index contributed by atoms with van der Waals surface area (Å²) in [5.41, 5.74) is 4.75. The van der Waals surface area contributed by atoms with E-state index in [-0.39, 0.29) is 4.83 Å². The molecule has 0 fully saturated rings. The number of methoxy groups -OCH3 is 1. The predicted octanol–water partition coefficient (Wildman–Crippen LogP) is 4.39. The lowest BCUT2D eigenvalue weighted by Gasteiger charge is -2.15. The predicted molar refractivity (Wildman–Crippen MR) is 82.1 cm³/mol. The minimum atomic E-state index is 0.205. The Morgan fingerprint density at radius 1 is 1.26 bits per heavy atom. The average molecular weight is 320 g/mol. The van der Waals surface area contributed by atoms with Gasteiger partial charge in [-0.1, -0.05) is 39.7 Å². The minimum absolute atomic E-state index is 0.205. The zero-order valence-electron chi connectivity index (χ0n) is 11.5. The largest absolute Gasteiger partial charge is 0.496 e. The first-order valence-corrected chi connectivity index (χ1v) is 7.22. The molecular weight excluding hydrogens is 302 g/mol. The van der Waals surface area contributed by atoms with Gasteiger partial charge in [-0.15, -0.1) is 0 Å². The van der Waals surface area contributed by atoms with Crippen LogP contribution in [0.3, 0.4) is 0 Å². The number of nitrogens with zero attached hydrogens (tertiary/aromatic N) is 1. The zero-order valence-corrected chi connectivity index (χ0v) is 13.1. The lowest BCUT2D eigenvalue weighted by Crippen LogP contribution is -2.02. The molecule has 19 heavy (non-hydrogen) atoms. The third kappa shape index (κ3) is 3.35. The van der Waals surface area contributed by atoms with E-state index in [1.165, 1.54) is 16.7 Å². The molecule has 3 heteroatoms. The van der Waals surface area contributed by atoms with Gasteiger partial charge >= 0.3 is 0 Å². The van der Waals surface area contributed by atoms with Crippen molar-refractivity contribution >= 4 is 15.9 Å². The van der Waals surface area contributed by atoms with Gasteiger partial charge in [-0.25, -0.2) is 0 Å². The van der Waals surface area contributed by atoms with E-state index in [9.17, 15) is 0 Å². The molecule has 1 aromatic heterocycles. The van der Waals surface area contributed by atoms with Crippen molar-refractivity contribution in [2.45, 2.75) is 25.1 Å². The molecule has 1 unspecified atom stereocenters. The second-order valence-corrected chi connectivity index (χ2v) is 5.79. The van der Waals surface area contributed by atoms with Gasteiger partial charge in [-0.2, -0.15) is 0 Å². The van der Waals surface area contributed by atoms with Crippen molar-refractivity contribution in [3.8, 4) is 5.75 Å². The highest BCUT2D eigenvalue weighted by molar-refractivity contribution is 9.09. The van der Waals surface area contributed by atoms with E-state index < -0.39 is 0 Å². The van der Waals surface area contributed by atoms with Crippen LogP contribution in [0.2, 0.25) is 0 Å². The molecule has 2 nitrogen and oxygen atoms in total. The molecule has 1 atom stereocenters. The van der Waals surface area contributed by atoms with Gasteiger partial charge < -0.3 is 4.74 Å². The standard InChI is InChI=1S/C16H18BrNO/c1-11-6-7-16(19-3)13(9-11)14(17)10-15-12(2)5-4-8-18-15/h4-9,14H,10H2,1-3H3. The van der Waals surface area contributed by atoms with Crippen LogP contribution in [0.1, 0.15) is 27.2 Å². The van der Waals surface area contributed by atoms with Crippen molar-refractivity contribution < 1.29 is 4.74 Å². The molecule has 0 amide bonds. The molecule has 2 rings (SSSR count). The number of benzene rings is 1. The van der Waals surface area contributed by atoms with Crippen LogP contribution in [0, 0.1) is 13.8 Å². The molecule has 0 N–H and O–H groups in total. The summed E-state index contributed by atoms with van der Waals surface area (Å²) in [7, 11) is 1.71. The lowest BCUT2D eigenvalue weighted by atomic mass is 10.0. The van der Waals surface area contributed by atoms with E-state index in [2.05, 4.69) is 53.0 Å². The topological polar surface area (TPSA) is 22.1 Å². The quantitative estimate of drug-likeness (QED) is 0.780. The summed E-state index contributed by atoms with van der Waals surface area (Å²) < 4.78 is 5.44. The third-order valence-corrected chi connectivity index (χ3v) is 4.03. The van der Waals surface area contributed by atoms with Crippen LogP contribution >= 0.6 is 15.9 Å². The summed E-state index contributed by atoms with van der Waals surface area (Å²) in [5, 5.41) is 0. The Labute approximate surface area is 123 Å². The Morgan fingerprint density at radius 2 is 2.05 bits per heavy atom. The Kier molecular flexibility index (Phi) is 4.59. The summed E-state index contributed by atoms with van der Waals surface area (Å²) in [5.74, 6) is 0.918. The highest BCUT2D eigenvalue weighted by Crippen LogP contribution is 2.34. The van der Waals surface area contributed by atoms with Crippen LogP contribution in [0.4, 0.5) is 0 Å². The molecule has 2 aromatic rings. The number of ether oxygens (including phenoxy) is 1. The Hall–Kier alpha value is -1.35. The first kappa shape index (κ1) is 14.1. The van der Waals surface area contributed by atoms with Crippen molar-refractivity contribution in [2.75, 3.05) is 7.11 Å². The van der Waals surface area contributed by atoms with Crippen molar-refractivity contribution in [1.29, 1.82) is 0 Å². The fourth-order valence-electron chi connectivity index (χ4n) is 2.11. The summed E-state index contributed by atoms with van der Waals surface area (Å²) in [6.07, 6.45) is 2.70. The van der Waals surface area contributed by atoms with Crippen LogP contribution < -0.4 is 4.74 Å². The number of alkyl halides is 1. The monoisotopic (exact) mass is 319 g/mol. The normalized spacial score (nSPS) is 12.2. The fraction of sp³-hybridized carbons (Fsp3) is 0.312. The van der Waals surface area contributed by atoms with Gasteiger partial charge in [0.2, 0.25) is 0 Å². The summed E-state index contributed by atoms with van der Waals surface area (Å²) in [4.78, 5) is 4.66. The van der Waals surface area contributed by atoms with Crippen molar-refractivity contribution in [2.24, 2.45) is 0 Å². The van der Waals surface area contributed by atoms with E-state index in [1.807, 2.05) is 18.3 Å². The molecular formula is C16H18BrNO. The summed E-state index contributed by atoms with van der Waals surface area (Å²) >= 11 is 3.76. The van der Waals surface area contributed by atoms with Gasteiger partial charge in [-0.3, -0.25) is 4.98 Å². The van der Waals surface area contributed by atoms with Crippen molar-refractivity contribution in [1.82, 2.24) is 4.98 Å². The first-order valence-electron chi connectivity index (χ1n) is 6.31. The molecule has 1 aromatic carbocycles. The molecule has 0 spiro atoms. The van der Waals surface area contributed by atoms with Gasteiger partial charge in [-0.05, 0) is 31.5 Å². The number of rotatable bonds is 4. The maximum atomic E-state index is 5.44. The van der Waals surface area contributed by atoms with Crippen LogP contribution in [0.25, 0.3) is 0 Å². The molecule has 0 aliphatic rings. The molecule has 1 heterocycles. The Morgan fingerprint density at radius 3 is 2.74 bits per heavy atom. The van der Waals surface area contributed by atoms with Gasteiger partial charge in [0.05, 0.1) is 7.11 Å². The van der Waals surface area contributed by atoms with Crippen LogP contribution in [0.15, 0.2) is 36.5 Å². The Balaban J connectivity index is 2.27. The number of hydrogen-bond donors (Lipinski definition) is 0. The number of halogens is 1. The molecule has 0 aliphatic heterocycles. The molecule has 0 bridgehead atoms. The first-order chi connectivity index (χ1) is 9.11. The van der Waals surface area contributed by atoms with E-state index in [0.29, 0.717) is 0 Å². The molecule has 0 saturated heterocycles. The van der Waals surface area contributed by atoms with E-state index in [1.54, 1.807) is 7.11 Å². The zero-order chi connectivity index (χ0) is 13.8. The maximum absolute atomic E-state index is 5.44. The van der Waals surface area contributed by atoms with Crippen LogP contribution in [-0.4, -0.2) is 12.1 Å². The van der Waals surface area contributed by atoms with Crippen molar-refractivity contribution in [3.63, 3.8) is 0 Å². The number of pyridine rings is 1. The fourth-order valence-corrected chi connectivity index (χ4v) is 2.77. The molecule has 0 radical (unpaired) electrons. The van der Waals surface area contributed by atoms with Gasteiger partial charge in [0.1, 0.15) is 5.75 Å². The second-order valence-electron chi connectivity index (χ2n) is 4.68. The van der Waals surface area contributed by atoms with Gasteiger partial charge in [0, 0.05) is 28.7 Å². The second kappa shape index (κ2) is 6.20. The summed E-state index contributed by atoms with van der Waals surface area (Å²) in [6, 6.07) is 10.3. The Bertz CT molecular complexity index is 568. The number of aryl methyl sites for hydroxylation is 2. The molecule has 100 valence electrons. The molecule has 0 saturated carbocycles. The average Bonchev–Trinajstić information content (AvgIpc) is 2.41. The molecule has 0 aliphatic carbocycles. The highest BCUT2D eigenvalue weighted by atomic mass is 79.9. The summed E-state index contributed by atoms with van der Waals surface area (Å²) in [6.45, 7) is 4.18. The SMILES string of the molecule is COc1ccc(C)cc1C(Br)Cc1ncccc1C. The minimum Gasteiger partial charge on any atom is -0.496 e. The lowest BCUT2D eigenvalue weighted by molar-refractivity contribution is 0.409. The van der Waals surface area contributed by atoms with Crippen LogP contribution in [-0.2, 0) is 6.42 Å². The highest BCUT2D eigenvalue weighted by Gasteiger charge is 2.15. The van der Waals surface area contributed by atoms with Crippen LogP contribution in [0.5, 0.6) is 5.75 Å². The van der Waals surface area contributed by atoms with Crippen molar-refractivity contribution in [3.05, 3.63) is 58.9 Å². The third-order valence-electron chi connectivity index (χ3n) is 3.21. The van der Waals surface area contributed by atoms with Gasteiger partial charge in [0.25, 0.3) is 0 Å². The number of hydrogen-bond acceptors (Lipinski definition) is 2. The number of aromatic nitrogens is 1. The van der Waals surface area contributed by atoms with E-state index in [0.717, 1.165) is 17.9 Å².